The van der Waals surface area contributed by atoms with Crippen LogP contribution in [0.3, 0.4) is 0 Å². The maximum absolute atomic E-state index is 9.55. The van der Waals surface area contributed by atoms with Gasteiger partial charge in [-0.05, 0) is 11.6 Å². The van der Waals surface area contributed by atoms with Crippen LogP contribution in [0, 0.1) is 11.3 Å². The largest absolute Gasteiger partial charge is 0.424 e. The Kier molecular flexibility index (Phi) is 2.67. The van der Waals surface area contributed by atoms with Gasteiger partial charge in [-0.15, -0.1) is 0 Å². The summed E-state index contributed by atoms with van der Waals surface area (Å²) in [5, 5.41) is 10.6. The van der Waals surface area contributed by atoms with Gasteiger partial charge >= 0.3 is 0 Å². The Balaban J connectivity index is 2.05. The Labute approximate surface area is 127 Å². The fourth-order valence-corrected chi connectivity index (χ4v) is 3.06. The van der Waals surface area contributed by atoms with Gasteiger partial charge in [-0.3, -0.25) is 0 Å². The molecule has 0 fully saturated rings. The van der Waals surface area contributed by atoms with Crippen LogP contribution >= 0.6 is 0 Å². The molecule has 0 spiro atoms. The zero-order valence-corrected chi connectivity index (χ0v) is 11.7. The average Bonchev–Trinajstić information content (AvgIpc) is 2.92. The lowest BCUT2D eigenvalue weighted by atomic mass is 9.84. The van der Waals surface area contributed by atoms with Crippen LogP contribution in [-0.2, 0) is 0 Å². The lowest BCUT2D eigenvalue weighted by Gasteiger charge is -2.24. The first kappa shape index (κ1) is 12.5. The second kappa shape index (κ2) is 4.68. The van der Waals surface area contributed by atoms with Crippen molar-refractivity contribution in [3.05, 3.63) is 77.2 Å². The van der Waals surface area contributed by atoms with E-state index in [9.17, 15) is 5.26 Å². The topological polar surface area (TPSA) is 74.8 Å². The number of aromatic nitrogens is 1. The monoisotopic (exact) mass is 287 g/mol. The number of fused-ring (bicyclic) bond motifs is 3. The number of allylic oxidation sites excluding steroid dienone is 1. The Morgan fingerprint density at radius 1 is 1.05 bits per heavy atom. The molecular weight excluding hydrogens is 274 g/mol. The van der Waals surface area contributed by atoms with Crippen molar-refractivity contribution in [3.63, 3.8) is 0 Å². The van der Waals surface area contributed by atoms with E-state index in [1.807, 2.05) is 54.6 Å². The van der Waals surface area contributed by atoms with Gasteiger partial charge in [0.1, 0.15) is 11.6 Å². The number of nitriles is 1. The van der Waals surface area contributed by atoms with Crippen LogP contribution in [0.2, 0.25) is 0 Å². The zero-order valence-electron chi connectivity index (χ0n) is 11.7. The molecule has 0 saturated carbocycles. The molecule has 2 aromatic carbocycles. The number of benzene rings is 2. The van der Waals surface area contributed by atoms with E-state index in [1.54, 1.807) is 0 Å². The molecule has 1 atom stereocenters. The second-order valence-electron chi connectivity index (χ2n) is 5.25. The van der Waals surface area contributed by atoms with Crippen LogP contribution < -0.4 is 10.5 Å². The summed E-state index contributed by atoms with van der Waals surface area (Å²) in [5.74, 6) is 0.563. The van der Waals surface area contributed by atoms with E-state index >= 15 is 0 Å². The molecule has 1 aromatic heterocycles. The molecular formula is C18H13N3O. The molecule has 1 aliphatic heterocycles. The predicted octanol–water partition coefficient (Wildman–Crippen LogP) is 3.39. The number of H-pyrrole nitrogens is 1. The average molecular weight is 287 g/mol. The molecule has 0 radical (unpaired) electrons. The summed E-state index contributed by atoms with van der Waals surface area (Å²) >= 11 is 0. The normalized spacial score (nSPS) is 17.0. The van der Waals surface area contributed by atoms with Crippen molar-refractivity contribution >= 4 is 10.9 Å². The van der Waals surface area contributed by atoms with Gasteiger partial charge in [0.2, 0.25) is 11.8 Å². The van der Waals surface area contributed by atoms with Gasteiger partial charge in [0, 0.05) is 16.5 Å². The molecule has 3 N–H and O–H groups in total. The van der Waals surface area contributed by atoms with E-state index in [4.69, 9.17) is 10.5 Å². The number of rotatable bonds is 1. The molecule has 4 heteroatoms. The summed E-state index contributed by atoms with van der Waals surface area (Å²) in [4.78, 5) is 3.25. The number of para-hydroxylation sites is 1. The lowest BCUT2D eigenvalue weighted by molar-refractivity contribution is 0.382. The number of ether oxygens (including phenoxy) is 1. The van der Waals surface area contributed by atoms with Crippen molar-refractivity contribution in [3.8, 4) is 11.9 Å². The van der Waals surface area contributed by atoms with Gasteiger partial charge in [-0.25, -0.2) is 0 Å². The molecule has 0 bridgehead atoms. The number of hydrogen-bond acceptors (Lipinski definition) is 3. The third-order valence-corrected chi connectivity index (χ3v) is 4.02. The van der Waals surface area contributed by atoms with Crippen LogP contribution in [0.4, 0.5) is 0 Å². The smallest absolute Gasteiger partial charge is 0.207 e. The fourth-order valence-electron chi connectivity index (χ4n) is 3.06. The highest BCUT2D eigenvalue weighted by molar-refractivity contribution is 5.88. The minimum absolute atomic E-state index is 0.162. The van der Waals surface area contributed by atoms with Crippen molar-refractivity contribution in [2.24, 2.45) is 5.73 Å². The first-order valence-corrected chi connectivity index (χ1v) is 7.02. The van der Waals surface area contributed by atoms with Crippen LogP contribution in [0.25, 0.3) is 10.9 Å². The highest BCUT2D eigenvalue weighted by Gasteiger charge is 2.33. The van der Waals surface area contributed by atoms with E-state index in [0.717, 1.165) is 22.0 Å². The van der Waals surface area contributed by atoms with E-state index in [1.165, 1.54) is 0 Å². The van der Waals surface area contributed by atoms with E-state index in [0.29, 0.717) is 11.5 Å². The van der Waals surface area contributed by atoms with Crippen molar-refractivity contribution < 1.29 is 4.74 Å². The molecule has 0 aliphatic carbocycles. The number of aromatic amines is 1. The summed E-state index contributed by atoms with van der Waals surface area (Å²) in [5.41, 5.74) is 9.38. The third kappa shape index (κ3) is 1.69. The number of nitrogens with one attached hydrogen (secondary N) is 1. The number of nitrogens with two attached hydrogens (primary N) is 1. The highest BCUT2D eigenvalue weighted by Crippen LogP contribution is 2.45. The summed E-state index contributed by atoms with van der Waals surface area (Å²) in [7, 11) is 0. The molecule has 1 aliphatic rings. The Morgan fingerprint density at radius 3 is 2.55 bits per heavy atom. The fraction of sp³-hybridized carbons (Fsp3) is 0.0556. The van der Waals surface area contributed by atoms with Gasteiger partial charge in [0.05, 0.1) is 5.92 Å². The SMILES string of the molecule is N#CC1=C(N)Oc2[nH]c3ccccc3c2[C@@H]1c1ccccc1. The summed E-state index contributed by atoms with van der Waals surface area (Å²) < 4.78 is 5.65. The molecule has 106 valence electrons. The molecule has 22 heavy (non-hydrogen) atoms. The first-order chi connectivity index (χ1) is 10.8. The van der Waals surface area contributed by atoms with Crippen LogP contribution in [0.15, 0.2) is 66.1 Å². The van der Waals surface area contributed by atoms with E-state index in [-0.39, 0.29) is 11.8 Å². The Bertz CT molecular complexity index is 932. The van der Waals surface area contributed by atoms with Crippen molar-refractivity contribution in [1.29, 1.82) is 5.26 Å². The van der Waals surface area contributed by atoms with Gasteiger partial charge in [-0.1, -0.05) is 48.5 Å². The lowest BCUT2D eigenvalue weighted by Crippen LogP contribution is -2.20. The summed E-state index contributed by atoms with van der Waals surface area (Å²) in [6.07, 6.45) is 0. The predicted molar refractivity (Wildman–Crippen MR) is 84.0 cm³/mol. The highest BCUT2D eigenvalue weighted by atomic mass is 16.5. The molecule has 4 rings (SSSR count). The second-order valence-corrected chi connectivity index (χ2v) is 5.25. The molecule has 0 unspecified atom stereocenters. The van der Waals surface area contributed by atoms with Crippen molar-refractivity contribution in [2.45, 2.75) is 5.92 Å². The van der Waals surface area contributed by atoms with Crippen molar-refractivity contribution in [1.82, 2.24) is 4.98 Å². The van der Waals surface area contributed by atoms with Crippen LogP contribution in [0.5, 0.6) is 5.88 Å². The van der Waals surface area contributed by atoms with E-state index in [2.05, 4.69) is 11.1 Å². The van der Waals surface area contributed by atoms with Crippen LogP contribution in [-0.4, -0.2) is 4.98 Å². The Morgan fingerprint density at radius 2 is 1.77 bits per heavy atom. The third-order valence-electron chi connectivity index (χ3n) is 4.02. The van der Waals surface area contributed by atoms with Gasteiger partial charge in [0.25, 0.3) is 0 Å². The summed E-state index contributed by atoms with van der Waals surface area (Å²) in [6.45, 7) is 0. The van der Waals surface area contributed by atoms with Crippen molar-refractivity contribution in [2.75, 3.05) is 0 Å². The van der Waals surface area contributed by atoms with Crippen LogP contribution in [0.1, 0.15) is 17.0 Å². The Hall–Kier alpha value is -3.19. The molecule has 4 nitrogen and oxygen atoms in total. The number of hydrogen-bond donors (Lipinski definition) is 2. The molecule has 3 aromatic rings. The molecule has 0 amide bonds. The molecule has 0 saturated heterocycles. The minimum atomic E-state index is -0.217. The maximum Gasteiger partial charge on any atom is 0.207 e. The zero-order chi connectivity index (χ0) is 15.1. The maximum atomic E-state index is 9.55. The van der Waals surface area contributed by atoms with E-state index < -0.39 is 0 Å². The summed E-state index contributed by atoms with van der Waals surface area (Å²) in [6, 6.07) is 20.1. The van der Waals surface area contributed by atoms with Gasteiger partial charge < -0.3 is 15.5 Å². The van der Waals surface area contributed by atoms with Gasteiger partial charge in [-0.2, -0.15) is 5.26 Å². The quantitative estimate of drug-likeness (QED) is 0.720. The number of nitrogens with zero attached hydrogens (tertiary/aromatic N) is 1. The standard InChI is InChI=1S/C18H13N3O/c19-10-13-15(11-6-2-1-3-7-11)16-12-8-4-5-9-14(12)21-18(16)22-17(13)20/h1-9,15,21H,20H2/t15-/m1/s1. The minimum Gasteiger partial charge on any atom is -0.424 e. The van der Waals surface area contributed by atoms with Gasteiger partial charge in [0.15, 0.2) is 0 Å². The molecule has 2 heterocycles. The first-order valence-electron chi connectivity index (χ1n) is 7.02.